The van der Waals surface area contributed by atoms with Crippen LogP contribution in [-0.4, -0.2) is 36.4 Å². The second-order valence-corrected chi connectivity index (χ2v) is 4.55. The number of nitrogens with one attached hydrogen (secondary N) is 1. The van der Waals surface area contributed by atoms with Crippen molar-refractivity contribution in [3.05, 3.63) is 17.8 Å². The van der Waals surface area contributed by atoms with Crippen LogP contribution in [0.25, 0.3) is 0 Å². The molecule has 7 heteroatoms. The van der Waals surface area contributed by atoms with Crippen molar-refractivity contribution in [1.82, 2.24) is 10.3 Å². The summed E-state index contributed by atoms with van der Waals surface area (Å²) in [4.78, 5) is 28.3. The fourth-order valence-corrected chi connectivity index (χ4v) is 1.56. The van der Waals surface area contributed by atoms with Gasteiger partial charge in [0.25, 0.3) is 5.91 Å². The van der Waals surface area contributed by atoms with E-state index in [1.54, 1.807) is 18.0 Å². The van der Waals surface area contributed by atoms with Gasteiger partial charge in [0.05, 0.1) is 12.2 Å². The predicted octanol–water partition coefficient (Wildman–Crippen LogP) is -0.276. The van der Waals surface area contributed by atoms with Crippen molar-refractivity contribution < 1.29 is 9.59 Å². The molecule has 0 aliphatic carbocycles. The first-order chi connectivity index (χ1) is 8.81. The van der Waals surface area contributed by atoms with Gasteiger partial charge in [0.1, 0.15) is 5.69 Å². The van der Waals surface area contributed by atoms with Gasteiger partial charge in [-0.2, -0.15) is 0 Å². The molecule has 7 nitrogen and oxygen atoms in total. The highest BCUT2D eigenvalue weighted by molar-refractivity contribution is 5.92. The molecule has 2 amide bonds. The van der Waals surface area contributed by atoms with Gasteiger partial charge in [0.2, 0.25) is 5.91 Å². The van der Waals surface area contributed by atoms with E-state index in [4.69, 9.17) is 11.5 Å². The number of carbonyl (C=O) groups excluding carboxylic acids is 2. The third-order valence-electron chi connectivity index (χ3n) is 2.35. The Morgan fingerprint density at radius 1 is 1.42 bits per heavy atom. The van der Waals surface area contributed by atoms with Gasteiger partial charge < -0.3 is 21.7 Å². The van der Waals surface area contributed by atoms with Crippen molar-refractivity contribution in [2.75, 3.05) is 24.2 Å². The van der Waals surface area contributed by atoms with E-state index < -0.39 is 5.91 Å². The SMILES string of the molecule is CC(C)NC(=O)CN(C)c1nc(C(N)=O)ccc1N. The maximum atomic E-state index is 11.7. The molecule has 0 aliphatic heterocycles. The molecule has 0 unspecified atom stereocenters. The molecule has 1 heterocycles. The van der Waals surface area contributed by atoms with Gasteiger partial charge in [-0.15, -0.1) is 0 Å². The van der Waals surface area contributed by atoms with Crippen molar-refractivity contribution >= 4 is 23.3 Å². The zero-order valence-electron chi connectivity index (χ0n) is 11.3. The predicted molar refractivity (Wildman–Crippen MR) is 73.7 cm³/mol. The van der Waals surface area contributed by atoms with E-state index in [9.17, 15) is 9.59 Å². The van der Waals surface area contributed by atoms with Crippen LogP contribution in [0.3, 0.4) is 0 Å². The number of likely N-dealkylation sites (N-methyl/N-ethyl adjacent to an activating group) is 1. The van der Waals surface area contributed by atoms with Gasteiger partial charge in [-0.25, -0.2) is 4.98 Å². The van der Waals surface area contributed by atoms with Crippen LogP contribution in [0, 0.1) is 0 Å². The topological polar surface area (TPSA) is 114 Å². The van der Waals surface area contributed by atoms with Gasteiger partial charge in [-0.1, -0.05) is 0 Å². The summed E-state index contributed by atoms with van der Waals surface area (Å²) in [5.74, 6) is -0.431. The zero-order chi connectivity index (χ0) is 14.6. The maximum Gasteiger partial charge on any atom is 0.267 e. The van der Waals surface area contributed by atoms with Crippen LogP contribution in [0.5, 0.6) is 0 Å². The highest BCUT2D eigenvalue weighted by Gasteiger charge is 2.14. The van der Waals surface area contributed by atoms with Gasteiger partial charge in [-0.05, 0) is 26.0 Å². The Hall–Kier alpha value is -2.31. The Morgan fingerprint density at radius 2 is 2.05 bits per heavy atom. The van der Waals surface area contributed by atoms with E-state index in [0.717, 1.165) is 0 Å². The van der Waals surface area contributed by atoms with Crippen LogP contribution in [0.2, 0.25) is 0 Å². The second-order valence-electron chi connectivity index (χ2n) is 4.55. The van der Waals surface area contributed by atoms with Crippen molar-refractivity contribution in [3.63, 3.8) is 0 Å². The summed E-state index contributed by atoms with van der Waals surface area (Å²) in [5, 5.41) is 2.76. The van der Waals surface area contributed by atoms with E-state index in [1.165, 1.54) is 6.07 Å². The molecule has 1 rings (SSSR count). The third-order valence-corrected chi connectivity index (χ3v) is 2.35. The molecule has 19 heavy (non-hydrogen) atoms. The molecular weight excluding hydrogens is 246 g/mol. The molecule has 0 aliphatic rings. The fourth-order valence-electron chi connectivity index (χ4n) is 1.56. The van der Waals surface area contributed by atoms with E-state index >= 15 is 0 Å². The lowest BCUT2D eigenvalue weighted by molar-refractivity contribution is -0.120. The molecule has 0 fully saturated rings. The lowest BCUT2D eigenvalue weighted by atomic mass is 10.3. The summed E-state index contributed by atoms with van der Waals surface area (Å²) >= 11 is 0. The van der Waals surface area contributed by atoms with Gasteiger partial charge in [-0.3, -0.25) is 9.59 Å². The Morgan fingerprint density at radius 3 is 2.58 bits per heavy atom. The maximum absolute atomic E-state index is 11.7. The van der Waals surface area contributed by atoms with E-state index in [0.29, 0.717) is 11.5 Å². The molecule has 1 aromatic heterocycles. The minimum atomic E-state index is -0.638. The molecule has 0 aromatic carbocycles. The minimum absolute atomic E-state index is 0.0585. The van der Waals surface area contributed by atoms with Gasteiger partial charge in [0.15, 0.2) is 5.82 Å². The largest absolute Gasteiger partial charge is 0.396 e. The molecular formula is C12H19N5O2. The first-order valence-corrected chi connectivity index (χ1v) is 5.88. The third kappa shape index (κ3) is 4.13. The molecule has 0 spiro atoms. The number of nitrogen functional groups attached to an aromatic ring is 1. The smallest absolute Gasteiger partial charge is 0.267 e. The Kier molecular flexibility index (Phi) is 4.68. The summed E-state index contributed by atoms with van der Waals surface area (Å²) in [6.07, 6.45) is 0. The lowest BCUT2D eigenvalue weighted by Gasteiger charge is -2.20. The number of anilines is 2. The van der Waals surface area contributed by atoms with Crippen LogP contribution in [-0.2, 0) is 4.79 Å². The Labute approximate surface area is 112 Å². The van der Waals surface area contributed by atoms with Gasteiger partial charge in [0, 0.05) is 13.1 Å². The number of nitrogens with two attached hydrogens (primary N) is 2. The number of primary amides is 1. The zero-order valence-corrected chi connectivity index (χ0v) is 11.3. The van der Waals surface area contributed by atoms with E-state index in [-0.39, 0.29) is 24.2 Å². The number of carbonyl (C=O) groups is 2. The van der Waals surface area contributed by atoms with Crippen LogP contribution in [0.1, 0.15) is 24.3 Å². The second kappa shape index (κ2) is 6.03. The fraction of sp³-hybridized carbons (Fsp3) is 0.417. The molecule has 0 radical (unpaired) electrons. The summed E-state index contributed by atoms with van der Waals surface area (Å²) in [5.41, 5.74) is 11.4. The van der Waals surface area contributed by atoms with Crippen LogP contribution < -0.4 is 21.7 Å². The molecule has 0 saturated heterocycles. The molecule has 5 N–H and O–H groups in total. The average Bonchev–Trinajstić information content (AvgIpc) is 2.27. The first kappa shape index (κ1) is 14.7. The van der Waals surface area contributed by atoms with Crippen molar-refractivity contribution in [2.24, 2.45) is 5.73 Å². The number of nitrogens with zero attached hydrogens (tertiary/aromatic N) is 2. The molecule has 0 atom stereocenters. The number of hydrogen-bond donors (Lipinski definition) is 3. The minimum Gasteiger partial charge on any atom is -0.396 e. The first-order valence-electron chi connectivity index (χ1n) is 5.88. The van der Waals surface area contributed by atoms with Crippen molar-refractivity contribution in [1.29, 1.82) is 0 Å². The van der Waals surface area contributed by atoms with Crippen LogP contribution >= 0.6 is 0 Å². The summed E-state index contributed by atoms with van der Waals surface area (Å²) in [6, 6.07) is 3.05. The van der Waals surface area contributed by atoms with Crippen molar-refractivity contribution in [3.8, 4) is 0 Å². The van der Waals surface area contributed by atoms with E-state index in [2.05, 4.69) is 10.3 Å². The Balaban J connectivity index is 2.86. The molecule has 0 saturated carbocycles. The standard InChI is InChI=1S/C12H19N5O2/c1-7(2)15-10(18)6-17(3)12-8(13)4-5-9(16-12)11(14)19/h4-5,7H,6,13H2,1-3H3,(H2,14,19)(H,15,18). The van der Waals surface area contributed by atoms with Crippen LogP contribution in [0.15, 0.2) is 12.1 Å². The lowest BCUT2D eigenvalue weighted by Crippen LogP contribution is -2.39. The van der Waals surface area contributed by atoms with Crippen LogP contribution in [0.4, 0.5) is 11.5 Å². The summed E-state index contributed by atoms with van der Waals surface area (Å²) in [7, 11) is 1.67. The Bertz CT molecular complexity index is 487. The van der Waals surface area contributed by atoms with E-state index in [1.807, 2.05) is 13.8 Å². The molecule has 104 valence electrons. The summed E-state index contributed by atoms with van der Waals surface area (Å²) in [6.45, 7) is 3.84. The number of aromatic nitrogens is 1. The monoisotopic (exact) mass is 265 g/mol. The number of hydrogen-bond acceptors (Lipinski definition) is 5. The molecule has 0 bridgehead atoms. The quantitative estimate of drug-likeness (QED) is 0.677. The van der Waals surface area contributed by atoms with Gasteiger partial charge >= 0.3 is 0 Å². The van der Waals surface area contributed by atoms with Crippen molar-refractivity contribution in [2.45, 2.75) is 19.9 Å². The molecule has 1 aromatic rings. The summed E-state index contributed by atoms with van der Waals surface area (Å²) < 4.78 is 0. The highest BCUT2D eigenvalue weighted by atomic mass is 16.2. The number of amides is 2. The number of pyridine rings is 1. The average molecular weight is 265 g/mol. The highest BCUT2D eigenvalue weighted by Crippen LogP contribution is 2.19. The normalized spacial score (nSPS) is 10.3. The number of rotatable bonds is 5.